The molecule has 0 aromatic carbocycles. The van der Waals surface area contributed by atoms with Crippen molar-refractivity contribution in [2.75, 3.05) is 26.2 Å². The smallest absolute Gasteiger partial charge is 0.342 e. The molecule has 3 nitrogen and oxygen atoms in total. The van der Waals surface area contributed by atoms with Gasteiger partial charge in [0.25, 0.3) is 0 Å². The van der Waals surface area contributed by atoms with Crippen LogP contribution in [0.4, 0.5) is 13.2 Å². The van der Waals surface area contributed by atoms with Crippen LogP contribution < -0.4 is 5.32 Å². The largest absolute Gasteiger partial charge is 0.401 e. The quantitative estimate of drug-likeness (QED) is 0.867. The number of hydrogen-bond donors (Lipinski definition) is 1. The molecule has 1 aliphatic heterocycles. The van der Waals surface area contributed by atoms with E-state index in [1.807, 2.05) is 0 Å². The topological polar surface area (TPSA) is 32.3 Å². The SMILES string of the molecule is O=C(CNCC(F)(F)F)N1CCC2(CCCCC2)CC1. The molecule has 1 spiro atoms. The van der Waals surface area contributed by atoms with E-state index < -0.39 is 12.7 Å². The van der Waals surface area contributed by atoms with Gasteiger partial charge < -0.3 is 10.2 Å². The highest BCUT2D eigenvalue weighted by molar-refractivity contribution is 5.78. The molecule has 1 heterocycles. The molecule has 1 saturated heterocycles. The number of halogens is 3. The first-order chi connectivity index (χ1) is 9.40. The highest BCUT2D eigenvalue weighted by Gasteiger charge is 2.36. The summed E-state index contributed by atoms with van der Waals surface area (Å²) in [5.41, 5.74) is 0.411. The molecule has 0 radical (unpaired) electrons. The molecule has 1 amide bonds. The van der Waals surface area contributed by atoms with Crippen LogP contribution in [-0.4, -0.2) is 43.2 Å². The van der Waals surface area contributed by atoms with Crippen molar-refractivity contribution < 1.29 is 18.0 Å². The van der Waals surface area contributed by atoms with Crippen molar-refractivity contribution in [3.63, 3.8) is 0 Å². The van der Waals surface area contributed by atoms with Gasteiger partial charge in [-0.2, -0.15) is 13.2 Å². The number of piperidine rings is 1. The van der Waals surface area contributed by atoms with Crippen molar-refractivity contribution >= 4 is 5.91 Å². The number of carbonyl (C=O) groups excluding carboxylic acids is 1. The Hall–Kier alpha value is -0.780. The Kier molecular flexibility index (Phi) is 4.94. The Balaban J connectivity index is 1.71. The number of alkyl halides is 3. The van der Waals surface area contributed by atoms with Crippen molar-refractivity contribution in [3.8, 4) is 0 Å². The number of likely N-dealkylation sites (tertiary alicyclic amines) is 1. The number of amides is 1. The first-order valence-electron chi connectivity index (χ1n) is 7.46. The second-order valence-corrected chi connectivity index (χ2v) is 6.16. The number of rotatable bonds is 3. The molecule has 2 aliphatic rings. The molecule has 2 fully saturated rings. The molecular weight excluding hydrogens is 269 g/mol. The summed E-state index contributed by atoms with van der Waals surface area (Å²) in [5, 5.41) is 2.18. The molecule has 0 atom stereocenters. The zero-order valence-electron chi connectivity index (χ0n) is 11.8. The molecule has 1 saturated carbocycles. The van der Waals surface area contributed by atoms with Crippen LogP contribution in [0.25, 0.3) is 0 Å². The van der Waals surface area contributed by atoms with Crippen LogP contribution in [-0.2, 0) is 4.79 Å². The van der Waals surface area contributed by atoms with Gasteiger partial charge in [-0.25, -0.2) is 0 Å². The lowest BCUT2D eigenvalue weighted by Crippen LogP contribution is -2.47. The number of hydrogen-bond acceptors (Lipinski definition) is 2. The maximum absolute atomic E-state index is 12.0. The zero-order valence-corrected chi connectivity index (χ0v) is 11.8. The standard InChI is InChI=1S/C14H23F3N2O/c15-14(16,17)11-18-10-12(20)19-8-6-13(7-9-19)4-2-1-3-5-13/h18H,1-11H2. The molecule has 2 rings (SSSR count). The van der Waals surface area contributed by atoms with Gasteiger partial charge in [0.2, 0.25) is 5.91 Å². The van der Waals surface area contributed by atoms with Crippen LogP contribution in [0.1, 0.15) is 44.9 Å². The summed E-state index contributed by atoms with van der Waals surface area (Å²) in [6.07, 6.45) is 4.14. The van der Waals surface area contributed by atoms with Crippen molar-refractivity contribution in [1.82, 2.24) is 10.2 Å². The van der Waals surface area contributed by atoms with Crippen LogP contribution in [0, 0.1) is 5.41 Å². The van der Waals surface area contributed by atoms with Crippen LogP contribution in [0.2, 0.25) is 0 Å². The van der Waals surface area contributed by atoms with Crippen LogP contribution in [0.15, 0.2) is 0 Å². The van der Waals surface area contributed by atoms with Gasteiger partial charge in [-0.1, -0.05) is 19.3 Å². The lowest BCUT2D eigenvalue weighted by Gasteiger charge is -2.44. The van der Waals surface area contributed by atoms with E-state index in [1.165, 1.54) is 32.1 Å². The summed E-state index contributed by atoms with van der Waals surface area (Å²) >= 11 is 0. The Morgan fingerprint density at radius 1 is 1.05 bits per heavy atom. The van der Waals surface area contributed by atoms with E-state index in [-0.39, 0.29) is 12.5 Å². The summed E-state index contributed by atoms with van der Waals surface area (Å²) < 4.78 is 36.0. The third-order valence-electron chi connectivity index (χ3n) is 4.69. The van der Waals surface area contributed by atoms with Crippen molar-refractivity contribution in [3.05, 3.63) is 0 Å². The van der Waals surface area contributed by atoms with Gasteiger partial charge in [0, 0.05) is 13.1 Å². The van der Waals surface area contributed by atoms with Crippen LogP contribution in [0.3, 0.4) is 0 Å². The molecule has 0 aromatic heterocycles. The first kappa shape index (κ1) is 15.6. The van der Waals surface area contributed by atoms with E-state index in [9.17, 15) is 18.0 Å². The third kappa shape index (κ3) is 4.36. The Bertz CT molecular complexity index is 328. The number of nitrogens with zero attached hydrogens (tertiary/aromatic N) is 1. The van der Waals surface area contributed by atoms with Crippen LogP contribution >= 0.6 is 0 Å². The molecule has 0 aromatic rings. The molecule has 20 heavy (non-hydrogen) atoms. The van der Waals surface area contributed by atoms with Gasteiger partial charge in [-0.3, -0.25) is 4.79 Å². The van der Waals surface area contributed by atoms with Gasteiger partial charge in [0.1, 0.15) is 0 Å². The Morgan fingerprint density at radius 3 is 2.20 bits per heavy atom. The summed E-state index contributed by atoms with van der Waals surface area (Å²) in [6.45, 7) is 0.0854. The molecule has 0 unspecified atom stereocenters. The minimum absolute atomic E-state index is 0.208. The van der Waals surface area contributed by atoms with Crippen LogP contribution in [0.5, 0.6) is 0 Å². The third-order valence-corrected chi connectivity index (χ3v) is 4.69. The maximum atomic E-state index is 12.0. The highest BCUT2D eigenvalue weighted by atomic mass is 19.4. The Morgan fingerprint density at radius 2 is 1.65 bits per heavy atom. The minimum atomic E-state index is -4.26. The molecular formula is C14H23F3N2O. The fourth-order valence-electron chi connectivity index (χ4n) is 3.46. The van der Waals surface area contributed by atoms with E-state index in [0.29, 0.717) is 18.5 Å². The lowest BCUT2D eigenvalue weighted by atomic mass is 9.68. The second-order valence-electron chi connectivity index (χ2n) is 6.16. The van der Waals surface area contributed by atoms with E-state index >= 15 is 0 Å². The van der Waals surface area contributed by atoms with E-state index in [4.69, 9.17) is 0 Å². The predicted molar refractivity (Wildman–Crippen MR) is 70.3 cm³/mol. The summed E-state index contributed by atoms with van der Waals surface area (Å²) in [6, 6.07) is 0. The summed E-state index contributed by atoms with van der Waals surface area (Å²) in [4.78, 5) is 13.6. The van der Waals surface area contributed by atoms with Gasteiger partial charge in [-0.05, 0) is 31.1 Å². The van der Waals surface area contributed by atoms with Gasteiger partial charge in [-0.15, -0.1) is 0 Å². The molecule has 6 heteroatoms. The highest BCUT2D eigenvalue weighted by Crippen LogP contribution is 2.44. The van der Waals surface area contributed by atoms with E-state index in [1.54, 1.807) is 4.90 Å². The summed E-state index contributed by atoms with van der Waals surface area (Å²) in [7, 11) is 0. The average Bonchev–Trinajstić information content (AvgIpc) is 2.39. The van der Waals surface area contributed by atoms with Gasteiger partial charge >= 0.3 is 6.18 Å². The molecule has 1 N–H and O–H groups in total. The maximum Gasteiger partial charge on any atom is 0.401 e. The lowest BCUT2D eigenvalue weighted by molar-refractivity contribution is -0.136. The average molecular weight is 292 g/mol. The molecule has 0 bridgehead atoms. The van der Waals surface area contributed by atoms with Crippen molar-refractivity contribution in [2.45, 2.75) is 51.1 Å². The number of nitrogens with one attached hydrogen (secondary N) is 1. The minimum Gasteiger partial charge on any atom is -0.342 e. The first-order valence-corrected chi connectivity index (χ1v) is 7.46. The fourth-order valence-corrected chi connectivity index (χ4v) is 3.46. The van der Waals surface area contributed by atoms with Crippen molar-refractivity contribution in [1.29, 1.82) is 0 Å². The fraction of sp³-hybridized carbons (Fsp3) is 0.929. The van der Waals surface area contributed by atoms with Gasteiger partial charge in [0.05, 0.1) is 13.1 Å². The Labute approximate surface area is 117 Å². The van der Waals surface area contributed by atoms with E-state index in [0.717, 1.165) is 12.8 Å². The number of carbonyl (C=O) groups is 1. The predicted octanol–water partition coefficient (Wildman–Crippen LogP) is 2.71. The van der Waals surface area contributed by atoms with Gasteiger partial charge in [0.15, 0.2) is 0 Å². The molecule has 116 valence electrons. The van der Waals surface area contributed by atoms with E-state index in [2.05, 4.69) is 5.32 Å². The monoisotopic (exact) mass is 292 g/mol. The second kappa shape index (κ2) is 6.33. The zero-order chi connectivity index (χ0) is 14.6. The summed E-state index contributed by atoms with van der Waals surface area (Å²) in [5.74, 6) is -0.208. The molecule has 1 aliphatic carbocycles. The van der Waals surface area contributed by atoms with Crippen molar-refractivity contribution in [2.24, 2.45) is 5.41 Å². The normalized spacial score (nSPS) is 23.1.